The number of nitrogens with zero attached hydrogens (tertiary/aromatic N) is 2. The first kappa shape index (κ1) is 19.8. The van der Waals surface area contributed by atoms with Crippen LogP contribution in [0.1, 0.15) is 48.8 Å². The number of carbonyl (C=O) groups is 1. The number of rotatable bonds is 2. The van der Waals surface area contributed by atoms with Gasteiger partial charge in [0, 0.05) is 22.3 Å². The zero-order valence-electron chi connectivity index (χ0n) is 15.6. The summed E-state index contributed by atoms with van der Waals surface area (Å²) in [5.41, 5.74) is 0.885. The summed E-state index contributed by atoms with van der Waals surface area (Å²) in [6.45, 7) is 7.61. The molecule has 146 valence electrons. The third-order valence-corrected chi connectivity index (χ3v) is 6.06. The first-order valence-corrected chi connectivity index (χ1v) is 9.59. The normalized spacial score (nSPS) is 18.8. The summed E-state index contributed by atoms with van der Waals surface area (Å²) in [4.78, 5) is 15.4. The van der Waals surface area contributed by atoms with E-state index in [4.69, 9.17) is 4.52 Å². The molecule has 0 saturated carbocycles. The van der Waals surface area contributed by atoms with Crippen LogP contribution < -0.4 is 4.90 Å². The van der Waals surface area contributed by atoms with Crippen molar-refractivity contribution in [3.63, 3.8) is 0 Å². The second-order valence-corrected chi connectivity index (χ2v) is 8.33. The fraction of sp³-hybridized carbons (Fsp3) is 0.474. The minimum absolute atomic E-state index is 0.202. The van der Waals surface area contributed by atoms with E-state index < -0.39 is 17.7 Å². The molecule has 0 fully saturated rings. The first-order valence-electron chi connectivity index (χ1n) is 8.71. The number of hydrogen-bond acceptors (Lipinski definition) is 4. The highest BCUT2D eigenvalue weighted by Gasteiger charge is 2.35. The second-order valence-electron chi connectivity index (χ2n) is 6.85. The molecule has 8 heteroatoms. The molecule has 1 aliphatic rings. The Hall–Kier alpha value is -1.96. The number of thioether (sulfide) groups is 1. The Bertz CT molecular complexity index is 844. The van der Waals surface area contributed by atoms with Gasteiger partial charge in [-0.25, -0.2) is 0 Å². The van der Waals surface area contributed by atoms with Crippen molar-refractivity contribution in [3.8, 4) is 0 Å². The first-order chi connectivity index (χ1) is 12.6. The van der Waals surface area contributed by atoms with Crippen LogP contribution in [-0.4, -0.2) is 22.9 Å². The molecule has 0 bridgehead atoms. The molecule has 2 aromatic rings. The van der Waals surface area contributed by atoms with Crippen LogP contribution in [0, 0.1) is 13.8 Å². The molecular formula is C19H21F3N2O2S. The van der Waals surface area contributed by atoms with Crippen LogP contribution in [0.15, 0.2) is 27.6 Å². The van der Waals surface area contributed by atoms with E-state index in [-0.39, 0.29) is 11.2 Å². The summed E-state index contributed by atoms with van der Waals surface area (Å²) in [6, 6.07) is 3.62. The molecule has 2 atom stereocenters. The van der Waals surface area contributed by atoms with Crippen LogP contribution in [0.5, 0.6) is 0 Å². The quantitative estimate of drug-likeness (QED) is 0.686. The molecule has 1 aliphatic heterocycles. The minimum Gasteiger partial charge on any atom is -0.361 e. The van der Waals surface area contributed by atoms with Crippen molar-refractivity contribution in [1.29, 1.82) is 0 Å². The van der Waals surface area contributed by atoms with Crippen molar-refractivity contribution < 1.29 is 22.5 Å². The number of halogens is 3. The van der Waals surface area contributed by atoms with Gasteiger partial charge in [0.25, 0.3) is 0 Å². The minimum atomic E-state index is -4.46. The number of fused-ring (bicyclic) bond motifs is 1. The number of benzene rings is 1. The van der Waals surface area contributed by atoms with Crippen LogP contribution in [0.25, 0.3) is 0 Å². The van der Waals surface area contributed by atoms with Gasteiger partial charge < -0.3 is 9.42 Å². The maximum absolute atomic E-state index is 13.3. The van der Waals surface area contributed by atoms with Gasteiger partial charge in [-0.05, 0) is 45.4 Å². The van der Waals surface area contributed by atoms with Gasteiger partial charge in [0.1, 0.15) is 5.76 Å². The standard InChI is InChI=1S/C19H21F3N2O2S/c1-10-7-8-24(18(25)11(2)17-12(3)23-26-13(17)4)15-9-14(19(20,21)22)5-6-16(15)27-10/h5-6,9-11H,7-8H2,1-4H3. The summed E-state index contributed by atoms with van der Waals surface area (Å²) in [7, 11) is 0. The Balaban J connectivity index is 2.04. The molecule has 2 unspecified atom stereocenters. The highest BCUT2D eigenvalue weighted by molar-refractivity contribution is 8.00. The van der Waals surface area contributed by atoms with E-state index in [0.717, 1.165) is 12.1 Å². The smallest absolute Gasteiger partial charge is 0.361 e. The molecule has 0 N–H and O–H groups in total. The summed E-state index contributed by atoms with van der Waals surface area (Å²) >= 11 is 1.50. The van der Waals surface area contributed by atoms with E-state index in [1.54, 1.807) is 20.8 Å². The third kappa shape index (κ3) is 3.85. The van der Waals surface area contributed by atoms with Gasteiger partial charge in [0.15, 0.2) is 0 Å². The Labute approximate surface area is 160 Å². The lowest BCUT2D eigenvalue weighted by Crippen LogP contribution is -2.36. The molecule has 0 saturated heterocycles. The topological polar surface area (TPSA) is 46.3 Å². The average molecular weight is 398 g/mol. The highest BCUT2D eigenvalue weighted by Crippen LogP contribution is 2.42. The second kappa shape index (κ2) is 7.22. The predicted octanol–water partition coefficient (Wildman–Crippen LogP) is 5.33. The largest absolute Gasteiger partial charge is 0.416 e. The Kier molecular flexibility index (Phi) is 5.29. The Morgan fingerprint density at radius 2 is 2.07 bits per heavy atom. The molecule has 1 amide bonds. The fourth-order valence-corrected chi connectivity index (χ4v) is 4.50. The van der Waals surface area contributed by atoms with Crippen LogP contribution in [0.2, 0.25) is 0 Å². The maximum atomic E-state index is 13.3. The van der Waals surface area contributed by atoms with E-state index in [9.17, 15) is 18.0 Å². The van der Waals surface area contributed by atoms with Crippen molar-refractivity contribution >= 4 is 23.4 Å². The lowest BCUT2D eigenvalue weighted by molar-refractivity contribution is -0.137. The van der Waals surface area contributed by atoms with Gasteiger partial charge in [-0.1, -0.05) is 12.1 Å². The number of anilines is 1. The summed E-state index contributed by atoms with van der Waals surface area (Å²) in [5, 5.41) is 4.09. The molecule has 0 spiro atoms. The van der Waals surface area contributed by atoms with Crippen molar-refractivity contribution in [2.45, 2.75) is 56.4 Å². The Morgan fingerprint density at radius 3 is 2.67 bits per heavy atom. The van der Waals surface area contributed by atoms with Crippen molar-refractivity contribution in [2.24, 2.45) is 0 Å². The zero-order valence-corrected chi connectivity index (χ0v) is 16.4. The lowest BCUT2D eigenvalue weighted by atomic mass is 9.97. The molecule has 3 rings (SSSR count). The number of aryl methyl sites for hydroxylation is 2. The fourth-order valence-electron chi connectivity index (χ4n) is 3.41. The van der Waals surface area contributed by atoms with E-state index in [1.807, 2.05) is 6.92 Å². The third-order valence-electron chi connectivity index (χ3n) is 4.82. The molecule has 0 aliphatic carbocycles. The molecule has 1 aromatic heterocycles. The van der Waals surface area contributed by atoms with Crippen molar-refractivity contribution in [2.75, 3.05) is 11.4 Å². The molecule has 0 radical (unpaired) electrons. The van der Waals surface area contributed by atoms with E-state index in [0.29, 0.717) is 40.6 Å². The van der Waals surface area contributed by atoms with E-state index in [1.165, 1.54) is 22.7 Å². The van der Waals surface area contributed by atoms with Gasteiger partial charge in [-0.15, -0.1) is 11.8 Å². The van der Waals surface area contributed by atoms with Gasteiger partial charge in [0.05, 0.1) is 22.9 Å². The number of aromatic nitrogens is 1. The summed E-state index contributed by atoms with van der Waals surface area (Å²) in [6.07, 6.45) is -3.76. The van der Waals surface area contributed by atoms with Crippen LogP contribution >= 0.6 is 11.8 Å². The van der Waals surface area contributed by atoms with Gasteiger partial charge >= 0.3 is 6.18 Å². The average Bonchev–Trinajstić information content (AvgIpc) is 2.83. The Morgan fingerprint density at radius 1 is 1.37 bits per heavy atom. The van der Waals surface area contributed by atoms with Crippen molar-refractivity contribution in [3.05, 3.63) is 40.8 Å². The molecule has 27 heavy (non-hydrogen) atoms. The summed E-state index contributed by atoms with van der Waals surface area (Å²) < 4.78 is 44.8. The molecular weight excluding hydrogens is 377 g/mol. The van der Waals surface area contributed by atoms with Crippen molar-refractivity contribution in [1.82, 2.24) is 5.16 Å². The van der Waals surface area contributed by atoms with Gasteiger partial charge in [-0.2, -0.15) is 13.2 Å². The van der Waals surface area contributed by atoms with Gasteiger partial charge in [-0.3, -0.25) is 4.79 Å². The van der Waals surface area contributed by atoms with Crippen LogP contribution in [-0.2, 0) is 11.0 Å². The maximum Gasteiger partial charge on any atom is 0.416 e. The monoisotopic (exact) mass is 398 g/mol. The number of carbonyl (C=O) groups excluding carboxylic acids is 1. The zero-order chi connectivity index (χ0) is 19.9. The van der Waals surface area contributed by atoms with E-state index >= 15 is 0 Å². The number of hydrogen-bond donors (Lipinski definition) is 0. The summed E-state index contributed by atoms with van der Waals surface area (Å²) in [5.74, 6) is -0.257. The predicted molar refractivity (Wildman–Crippen MR) is 98.1 cm³/mol. The van der Waals surface area contributed by atoms with Crippen LogP contribution in [0.3, 0.4) is 0 Å². The molecule has 1 aromatic carbocycles. The number of alkyl halides is 3. The van der Waals surface area contributed by atoms with E-state index in [2.05, 4.69) is 5.16 Å². The number of amides is 1. The lowest BCUT2D eigenvalue weighted by Gasteiger charge is -2.26. The SMILES string of the molecule is Cc1noc(C)c1C(C)C(=O)N1CCC(C)Sc2ccc(C(F)(F)F)cc21. The van der Waals surface area contributed by atoms with Gasteiger partial charge in [0.2, 0.25) is 5.91 Å². The highest BCUT2D eigenvalue weighted by atomic mass is 32.2. The van der Waals surface area contributed by atoms with Crippen LogP contribution in [0.4, 0.5) is 18.9 Å². The molecule has 4 nitrogen and oxygen atoms in total. The molecule has 2 heterocycles.